The third-order valence-electron chi connectivity index (χ3n) is 3.30. The highest BCUT2D eigenvalue weighted by Crippen LogP contribution is 2.34. The van der Waals surface area contributed by atoms with Crippen LogP contribution in [0.25, 0.3) is 0 Å². The number of aryl methyl sites for hydroxylation is 2. The minimum Gasteiger partial charge on any atom is -0.249 e. The molecule has 1 saturated carbocycles. The van der Waals surface area contributed by atoms with Crippen molar-refractivity contribution in [1.29, 1.82) is 5.26 Å². The van der Waals surface area contributed by atoms with Gasteiger partial charge in [0.05, 0.1) is 11.8 Å². The molecule has 0 bridgehead atoms. The fourth-order valence-electron chi connectivity index (χ4n) is 2.57. The van der Waals surface area contributed by atoms with Crippen LogP contribution in [0.3, 0.4) is 0 Å². The van der Waals surface area contributed by atoms with Gasteiger partial charge >= 0.3 is 0 Å². The molecule has 1 heterocycles. The Balaban J connectivity index is 2.41. The Kier molecular flexibility index (Phi) is 2.52. The van der Waals surface area contributed by atoms with E-state index in [1.54, 1.807) is 0 Å². The molecule has 0 spiro atoms. The first-order chi connectivity index (χ1) is 7.18. The molecule has 1 aromatic heterocycles. The summed E-state index contributed by atoms with van der Waals surface area (Å²) in [5.74, 6) is 0. The number of hydrogen-bond acceptors (Lipinski definition) is 2. The third-order valence-corrected chi connectivity index (χ3v) is 3.30. The summed E-state index contributed by atoms with van der Waals surface area (Å²) in [6, 6.07) is 4.54. The van der Waals surface area contributed by atoms with Crippen molar-refractivity contribution in [2.75, 3.05) is 0 Å². The van der Waals surface area contributed by atoms with Gasteiger partial charge in [0.1, 0.15) is 5.54 Å². The molecule has 3 heteroatoms. The Hall–Kier alpha value is -1.30. The molecule has 0 saturated heterocycles. The van der Waals surface area contributed by atoms with Gasteiger partial charge in [0, 0.05) is 5.69 Å². The van der Waals surface area contributed by atoms with Crippen molar-refractivity contribution in [3.05, 3.63) is 17.5 Å². The van der Waals surface area contributed by atoms with Crippen LogP contribution in [-0.2, 0) is 5.54 Å². The average molecular weight is 203 g/mol. The maximum absolute atomic E-state index is 9.42. The van der Waals surface area contributed by atoms with Crippen LogP contribution in [0.2, 0.25) is 0 Å². The van der Waals surface area contributed by atoms with E-state index >= 15 is 0 Å². The van der Waals surface area contributed by atoms with Crippen LogP contribution < -0.4 is 0 Å². The Morgan fingerprint density at radius 3 is 2.47 bits per heavy atom. The molecule has 0 radical (unpaired) electrons. The highest BCUT2D eigenvalue weighted by atomic mass is 15.3. The van der Waals surface area contributed by atoms with E-state index < -0.39 is 0 Å². The minimum absolute atomic E-state index is 0.364. The number of rotatable bonds is 1. The van der Waals surface area contributed by atoms with Crippen molar-refractivity contribution in [3.8, 4) is 6.07 Å². The number of nitriles is 1. The number of nitrogens with zero attached hydrogens (tertiary/aromatic N) is 3. The molecule has 1 aliphatic rings. The molecular formula is C12H17N3. The molecule has 80 valence electrons. The van der Waals surface area contributed by atoms with Crippen molar-refractivity contribution in [3.63, 3.8) is 0 Å². The molecule has 0 aliphatic heterocycles. The molecule has 0 aromatic carbocycles. The van der Waals surface area contributed by atoms with E-state index in [0.29, 0.717) is 0 Å². The van der Waals surface area contributed by atoms with E-state index in [1.165, 1.54) is 6.42 Å². The van der Waals surface area contributed by atoms with Gasteiger partial charge in [-0.05, 0) is 45.6 Å². The predicted octanol–water partition coefficient (Wildman–Crippen LogP) is 2.68. The van der Waals surface area contributed by atoms with Gasteiger partial charge in [-0.3, -0.25) is 0 Å². The van der Waals surface area contributed by atoms with E-state index in [1.807, 2.05) is 24.6 Å². The monoisotopic (exact) mass is 203 g/mol. The van der Waals surface area contributed by atoms with Gasteiger partial charge in [0.2, 0.25) is 0 Å². The molecule has 1 aliphatic carbocycles. The first kappa shape index (κ1) is 10.2. The second-order valence-electron chi connectivity index (χ2n) is 4.54. The number of hydrogen-bond donors (Lipinski definition) is 0. The molecule has 0 amide bonds. The summed E-state index contributed by atoms with van der Waals surface area (Å²) in [7, 11) is 0. The predicted molar refractivity (Wildman–Crippen MR) is 58.4 cm³/mol. The fourth-order valence-corrected chi connectivity index (χ4v) is 2.57. The van der Waals surface area contributed by atoms with Crippen molar-refractivity contribution in [1.82, 2.24) is 9.78 Å². The van der Waals surface area contributed by atoms with Crippen LogP contribution in [0.4, 0.5) is 0 Å². The summed E-state index contributed by atoms with van der Waals surface area (Å²) in [5.41, 5.74) is 1.75. The van der Waals surface area contributed by atoms with E-state index in [2.05, 4.69) is 11.2 Å². The normalized spacial score (nSPS) is 19.8. The lowest BCUT2D eigenvalue weighted by molar-refractivity contribution is 0.239. The zero-order chi connectivity index (χ0) is 10.9. The topological polar surface area (TPSA) is 41.6 Å². The molecule has 2 rings (SSSR count). The molecule has 0 N–H and O–H groups in total. The van der Waals surface area contributed by atoms with Crippen LogP contribution in [0.5, 0.6) is 0 Å². The highest BCUT2D eigenvalue weighted by Gasteiger charge is 2.35. The van der Waals surface area contributed by atoms with E-state index in [-0.39, 0.29) is 5.54 Å². The second kappa shape index (κ2) is 3.69. The first-order valence-electron chi connectivity index (χ1n) is 5.63. The standard InChI is InChI=1S/C12H17N3/c1-10-8-11(2)15(14-10)12(9-13)6-4-3-5-7-12/h8H,3-7H2,1-2H3. The van der Waals surface area contributed by atoms with Crippen molar-refractivity contribution in [2.45, 2.75) is 51.5 Å². The van der Waals surface area contributed by atoms with Crippen LogP contribution in [-0.4, -0.2) is 9.78 Å². The summed E-state index contributed by atoms with van der Waals surface area (Å²) in [4.78, 5) is 0. The fraction of sp³-hybridized carbons (Fsp3) is 0.667. The summed E-state index contributed by atoms with van der Waals surface area (Å²) in [6.07, 6.45) is 5.44. The van der Waals surface area contributed by atoms with E-state index in [9.17, 15) is 5.26 Å². The lowest BCUT2D eigenvalue weighted by Crippen LogP contribution is -2.36. The molecule has 0 unspecified atom stereocenters. The van der Waals surface area contributed by atoms with Crippen LogP contribution in [0, 0.1) is 25.2 Å². The Morgan fingerprint density at radius 1 is 1.33 bits per heavy atom. The molecule has 1 fully saturated rings. The van der Waals surface area contributed by atoms with Gasteiger partial charge in [-0.2, -0.15) is 10.4 Å². The maximum atomic E-state index is 9.42. The van der Waals surface area contributed by atoms with Crippen LogP contribution in [0.15, 0.2) is 6.07 Å². The SMILES string of the molecule is Cc1cc(C)n(C2(C#N)CCCCC2)n1. The van der Waals surface area contributed by atoms with Gasteiger partial charge in [-0.25, -0.2) is 4.68 Å². The van der Waals surface area contributed by atoms with Crippen molar-refractivity contribution in [2.24, 2.45) is 0 Å². The summed E-state index contributed by atoms with van der Waals surface area (Å²) >= 11 is 0. The molecular weight excluding hydrogens is 186 g/mol. The molecule has 3 nitrogen and oxygen atoms in total. The molecule has 15 heavy (non-hydrogen) atoms. The van der Waals surface area contributed by atoms with Gasteiger partial charge in [0.25, 0.3) is 0 Å². The Bertz CT molecular complexity index is 391. The van der Waals surface area contributed by atoms with E-state index in [0.717, 1.165) is 37.1 Å². The van der Waals surface area contributed by atoms with Crippen molar-refractivity contribution < 1.29 is 0 Å². The Morgan fingerprint density at radius 2 is 2.00 bits per heavy atom. The number of aromatic nitrogens is 2. The largest absolute Gasteiger partial charge is 0.249 e. The van der Waals surface area contributed by atoms with Gasteiger partial charge < -0.3 is 0 Å². The van der Waals surface area contributed by atoms with E-state index in [4.69, 9.17) is 0 Å². The summed E-state index contributed by atoms with van der Waals surface area (Å²) in [5, 5.41) is 13.9. The van der Waals surface area contributed by atoms with Gasteiger partial charge in [0.15, 0.2) is 0 Å². The average Bonchev–Trinajstić information content (AvgIpc) is 2.59. The zero-order valence-electron chi connectivity index (χ0n) is 9.45. The molecule has 0 atom stereocenters. The lowest BCUT2D eigenvalue weighted by Gasteiger charge is -2.32. The quantitative estimate of drug-likeness (QED) is 0.704. The zero-order valence-corrected chi connectivity index (χ0v) is 9.45. The second-order valence-corrected chi connectivity index (χ2v) is 4.54. The summed E-state index contributed by atoms with van der Waals surface area (Å²) < 4.78 is 1.95. The van der Waals surface area contributed by atoms with Crippen LogP contribution >= 0.6 is 0 Å². The summed E-state index contributed by atoms with van der Waals surface area (Å²) in [6.45, 7) is 4.02. The van der Waals surface area contributed by atoms with Gasteiger partial charge in [-0.1, -0.05) is 6.42 Å². The molecule has 1 aromatic rings. The maximum Gasteiger partial charge on any atom is 0.149 e. The smallest absolute Gasteiger partial charge is 0.149 e. The van der Waals surface area contributed by atoms with Crippen LogP contribution in [0.1, 0.15) is 43.5 Å². The first-order valence-corrected chi connectivity index (χ1v) is 5.63. The van der Waals surface area contributed by atoms with Crippen molar-refractivity contribution >= 4 is 0 Å². The minimum atomic E-state index is -0.364. The van der Waals surface area contributed by atoms with Gasteiger partial charge in [-0.15, -0.1) is 0 Å². The lowest BCUT2D eigenvalue weighted by atomic mass is 9.83. The Labute approximate surface area is 90.7 Å². The third kappa shape index (κ3) is 1.65. The highest BCUT2D eigenvalue weighted by molar-refractivity contribution is 5.15.